The molecule has 27 heavy (non-hydrogen) atoms. The van der Waals surface area contributed by atoms with Crippen molar-refractivity contribution in [2.75, 3.05) is 0 Å². The van der Waals surface area contributed by atoms with Gasteiger partial charge < -0.3 is 0 Å². The number of benzene rings is 5. The summed E-state index contributed by atoms with van der Waals surface area (Å²) in [5.74, 6) is -0.205. The molecule has 2 heteroatoms. The lowest BCUT2D eigenvalue weighted by atomic mass is 9.86. The molecule has 0 amide bonds. The molecule has 0 nitrogen and oxygen atoms in total. The SMILES string of the molecule is Cc1c(-c2c(F)cc(Br)c3ccccc23)c2ccccc2c2ccccc12. The van der Waals surface area contributed by atoms with Crippen molar-refractivity contribution >= 4 is 48.2 Å². The fourth-order valence-corrected chi connectivity index (χ4v) is 4.74. The molecule has 130 valence electrons. The van der Waals surface area contributed by atoms with E-state index in [-0.39, 0.29) is 5.82 Å². The van der Waals surface area contributed by atoms with E-state index in [4.69, 9.17) is 0 Å². The zero-order chi connectivity index (χ0) is 18.5. The Labute approximate surface area is 165 Å². The quantitative estimate of drug-likeness (QED) is 0.243. The van der Waals surface area contributed by atoms with Crippen molar-refractivity contribution in [3.63, 3.8) is 0 Å². The second-order valence-electron chi connectivity index (χ2n) is 6.85. The van der Waals surface area contributed by atoms with Gasteiger partial charge in [-0.1, -0.05) is 88.7 Å². The van der Waals surface area contributed by atoms with Gasteiger partial charge in [-0.2, -0.15) is 0 Å². The number of hydrogen-bond acceptors (Lipinski definition) is 0. The van der Waals surface area contributed by atoms with Crippen LogP contribution >= 0.6 is 15.9 Å². The molecule has 0 atom stereocenters. The van der Waals surface area contributed by atoms with Gasteiger partial charge in [-0.05, 0) is 56.4 Å². The predicted octanol–water partition coefficient (Wildman–Crippen LogP) is 8.02. The van der Waals surface area contributed by atoms with Gasteiger partial charge in [0.1, 0.15) is 5.82 Å². The Morgan fingerprint density at radius 3 is 1.67 bits per heavy atom. The van der Waals surface area contributed by atoms with E-state index < -0.39 is 0 Å². The molecule has 0 spiro atoms. The standard InChI is InChI=1S/C25H16BrF/c1-15-16-8-2-3-9-17(16)18-10-4-6-12-20(18)24(15)25-21-13-7-5-11-19(21)22(26)14-23(25)27/h2-14H,1H3. The number of fused-ring (bicyclic) bond motifs is 4. The van der Waals surface area contributed by atoms with Crippen molar-refractivity contribution in [2.24, 2.45) is 0 Å². The van der Waals surface area contributed by atoms with Crippen LogP contribution in [0.15, 0.2) is 83.3 Å². The monoisotopic (exact) mass is 414 g/mol. The Hall–Kier alpha value is -2.71. The number of rotatable bonds is 1. The zero-order valence-electron chi connectivity index (χ0n) is 14.8. The molecule has 0 aliphatic rings. The van der Waals surface area contributed by atoms with Gasteiger partial charge >= 0.3 is 0 Å². The fourth-order valence-electron chi connectivity index (χ4n) is 4.19. The van der Waals surface area contributed by atoms with Gasteiger partial charge in [-0.3, -0.25) is 0 Å². The van der Waals surface area contributed by atoms with E-state index in [1.54, 1.807) is 6.07 Å². The van der Waals surface area contributed by atoms with Crippen LogP contribution in [-0.4, -0.2) is 0 Å². The van der Waals surface area contributed by atoms with Crippen LogP contribution in [-0.2, 0) is 0 Å². The third-order valence-corrected chi connectivity index (χ3v) is 6.04. The molecule has 0 unspecified atom stereocenters. The average Bonchev–Trinajstić information content (AvgIpc) is 2.70. The maximum absolute atomic E-state index is 15.3. The molecule has 5 aromatic carbocycles. The van der Waals surface area contributed by atoms with E-state index >= 15 is 4.39 Å². The van der Waals surface area contributed by atoms with Gasteiger partial charge in [-0.25, -0.2) is 4.39 Å². The summed E-state index contributed by atoms with van der Waals surface area (Å²) in [6.45, 7) is 2.10. The molecule has 0 fully saturated rings. The molecule has 0 aliphatic carbocycles. The van der Waals surface area contributed by atoms with Crippen LogP contribution in [0.4, 0.5) is 4.39 Å². The van der Waals surface area contributed by atoms with Crippen LogP contribution in [0.2, 0.25) is 0 Å². The van der Waals surface area contributed by atoms with Crippen molar-refractivity contribution in [3.8, 4) is 11.1 Å². The Bertz CT molecular complexity index is 1350. The Morgan fingerprint density at radius 1 is 0.593 bits per heavy atom. The smallest absolute Gasteiger partial charge is 0.132 e. The van der Waals surface area contributed by atoms with E-state index in [1.165, 1.54) is 5.39 Å². The maximum atomic E-state index is 15.3. The Morgan fingerprint density at radius 2 is 1.04 bits per heavy atom. The van der Waals surface area contributed by atoms with Crippen LogP contribution in [0, 0.1) is 12.7 Å². The summed E-state index contributed by atoms with van der Waals surface area (Å²) in [6.07, 6.45) is 0. The summed E-state index contributed by atoms with van der Waals surface area (Å²) in [6, 6.07) is 26.2. The lowest BCUT2D eigenvalue weighted by Gasteiger charge is -2.18. The summed E-state index contributed by atoms with van der Waals surface area (Å²) in [5.41, 5.74) is 2.76. The van der Waals surface area contributed by atoms with Crippen LogP contribution in [0.1, 0.15) is 5.56 Å². The summed E-state index contributed by atoms with van der Waals surface area (Å²) >= 11 is 3.52. The topological polar surface area (TPSA) is 0 Å². The normalized spacial score (nSPS) is 11.5. The molecule has 5 aromatic rings. The van der Waals surface area contributed by atoms with Crippen molar-refractivity contribution < 1.29 is 4.39 Å². The summed E-state index contributed by atoms with van der Waals surface area (Å²) < 4.78 is 16.1. The molecular formula is C25H16BrF. The van der Waals surface area contributed by atoms with Crippen LogP contribution < -0.4 is 0 Å². The molecule has 0 saturated heterocycles. The number of halogens is 2. The highest BCUT2D eigenvalue weighted by Gasteiger charge is 2.19. The lowest BCUT2D eigenvalue weighted by Crippen LogP contribution is -1.94. The van der Waals surface area contributed by atoms with E-state index in [0.717, 1.165) is 42.5 Å². The molecule has 0 radical (unpaired) electrons. The first-order valence-electron chi connectivity index (χ1n) is 8.94. The third kappa shape index (κ3) is 2.40. The highest BCUT2D eigenvalue weighted by molar-refractivity contribution is 9.10. The summed E-state index contributed by atoms with van der Waals surface area (Å²) in [4.78, 5) is 0. The zero-order valence-corrected chi connectivity index (χ0v) is 16.3. The first-order valence-corrected chi connectivity index (χ1v) is 9.73. The molecule has 0 aliphatic heterocycles. The van der Waals surface area contributed by atoms with Crippen LogP contribution in [0.5, 0.6) is 0 Å². The van der Waals surface area contributed by atoms with Gasteiger partial charge in [-0.15, -0.1) is 0 Å². The summed E-state index contributed by atoms with van der Waals surface area (Å²) in [7, 11) is 0. The highest BCUT2D eigenvalue weighted by atomic mass is 79.9. The van der Waals surface area contributed by atoms with E-state index in [1.807, 2.05) is 42.5 Å². The second-order valence-corrected chi connectivity index (χ2v) is 7.71. The molecule has 0 saturated carbocycles. The Kier molecular flexibility index (Phi) is 3.76. The largest absolute Gasteiger partial charge is 0.206 e. The van der Waals surface area contributed by atoms with Crippen molar-refractivity contribution in [2.45, 2.75) is 6.92 Å². The molecule has 5 rings (SSSR count). The van der Waals surface area contributed by atoms with Gasteiger partial charge in [0.05, 0.1) is 0 Å². The molecule has 0 bridgehead atoms. The lowest BCUT2D eigenvalue weighted by molar-refractivity contribution is 0.632. The fraction of sp³-hybridized carbons (Fsp3) is 0.0400. The highest BCUT2D eigenvalue weighted by Crippen LogP contribution is 2.43. The third-order valence-electron chi connectivity index (χ3n) is 5.39. The van der Waals surface area contributed by atoms with Gasteiger partial charge in [0.2, 0.25) is 0 Å². The number of hydrogen-bond donors (Lipinski definition) is 0. The molecular weight excluding hydrogens is 399 g/mol. The summed E-state index contributed by atoms with van der Waals surface area (Å²) in [5, 5.41) is 6.55. The maximum Gasteiger partial charge on any atom is 0.132 e. The van der Waals surface area contributed by atoms with E-state index in [0.29, 0.717) is 5.56 Å². The average molecular weight is 415 g/mol. The van der Waals surface area contributed by atoms with Crippen LogP contribution in [0.25, 0.3) is 43.4 Å². The van der Waals surface area contributed by atoms with Gasteiger partial charge in [0.25, 0.3) is 0 Å². The van der Waals surface area contributed by atoms with Gasteiger partial charge in [0.15, 0.2) is 0 Å². The van der Waals surface area contributed by atoms with E-state index in [9.17, 15) is 0 Å². The molecule has 0 heterocycles. The predicted molar refractivity (Wildman–Crippen MR) is 117 cm³/mol. The van der Waals surface area contributed by atoms with Crippen LogP contribution in [0.3, 0.4) is 0 Å². The molecule has 0 N–H and O–H groups in total. The molecule has 0 aromatic heterocycles. The van der Waals surface area contributed by atoms with Gasteiger partial charge in [0, 0.05) is 10.0 Å². The Balaban J connectivity index is 2.06. The minimum absolute atomic E-state index is 0.205. The first-order chi connectivity index (χ1) is 13.2. The minimum Gasteiger partial charge on any atom is -0.206 e. The first kappa shape index (κ1) is 16.5. The number of aryl methyl sites for hydroxylation is 1. The minimum atomic E-state index is -0.205. The van der Waals surface area contributed by atoms with E-state index in [2.05, 4.69) is 53.2 Å². The van der Waals surface area contributed by atoms with Crippen molar-refractivity contribution in [3.05, 3.63) is 94.7 Å². The van der Waals surface area contributed by atoms with Crippen molar-refractivity contribution in [1.29, 1.82) is 0 Å². The second kappa shape index (κ2) is 6.17. The van der Waals surface area contributed by atoms with Crippen molar-refractivity contribution in [1.82, 2.24) is 0 Å².